The number of aromatic nitrogens is 2. The SMILES string of the molecule is Cc1cc(Cl)nc(N(C)C)n1. The van der Waals surface area contributed by atoms with Crippen molar-refractivity contribution in [2.45, 2.75) is 6.92 Å². The van der Waals surface area contributed by atoms with Gasteiger partial charge in [-0.1, -0.05) is 11.6 Å². The highest BCUT2D eigenvalue weighted by molar-refractivity contribution is 6.29. The zero-order valence-corrected chi connectivity index (χ0v) is 7.55. The molecule has 0 fully saturated rings. The first-order valence-corrected chi connectivity index (χ1v) is 3.66. The van der Waals surface area contributed by atoms with Crippen LogP contribution in [0.4, 0.5) is 5.95 Å². The summed E-state index contributed by atoms with van der Waals surface area (Å²) in [6, 6.07) is 1.73. The van der Waals surface area contributed by atoms with Crippen molar-refractivity contribution in [3.63, 3.8) is 0 Å². The Bertz CT molecular complexity index is 240. The Labute approximate surface area is 71.0 Å². The molecule has 1 rings (SSSR count). The van der Waals surface area contributed by atoms with Crippen LogP contribution in [0.5, 0.6) is 0 Å². The Morgan fingerprint density at radius 2 is 2.00 bits per heavy atom. The summed E-state index contributed by atoms with van der Waals surface area (Å²) in [7, 11) is 3.76. The monoisotopic (exact) mass is 171 g/mol. The standard InChI is InChI=1S/C7H10ClN3/c1-5-4-6(8)10-7(9-5)11(2)3/h4H,1-3H3. The molecular formula is C7H10ClN3. The topological polar surface area (TPSA) is 29.0 Å². The number of nitrogens with zero attached hydrogens (tertiary/aromatic N) is 3. The number of hydrogen-bond donors (Lipinski definition) is 0. The molecule has 11 heavy (non-hydrogen) atoms. The van der Waals surface area contributed by atoms with Gasteiger partial charge in [0.25, 0.3) is 0 Å². The van der Waals surface area contributed by atoms with Crippen molar-refractivity contribution in [2.75, 3.05) is 19.0 Å². The largest absolute Gasteiger partial charge is 0.347 e. The second-order valence-electron chi connectivity index (χ2n) is 2.53. The van der Waals surface area contributed by atoms with E-state index < -0.39 is 0 Å². The van der Waals surface area contributed by atoms with Crippen molar-refractivity contribution in [2.24, 2.45) is 0 Å². The fourth-order valence-corrected chi connectivity index (χ4v) is 0.949. The molecule has 0 radical (unpaired) electrons. The van der Waals surface area contributed by atoms with Gasteiger partial charge < -0.3 is 4.90 Å². The van der Waals surface area contributed by atoms with Crippen molar-refractivity contribution in [3.8, 4) is 0 Å². The van der Waals surface area contributed by atoms with E-state index in [-0.39, 0.29) is 0 Å². The lowest BCUT2D eigenvalue weighted by Gasteiger charge is -2.09. The lowest BCUT2D eigenvalue weighted by Crippen LogP contribution is -2.13. The molecule has 0 N–H and O–H groups in total. The third-order valence-corrected chi connectivity index (χ3v) is 1.40. The van der Waals surface area contributed by atoms with Crippen LogP contribution in [-0.4, -0.2) is 24.1 Å². The minimum absolute atomic E-state index is 0.487. The molecule has 1 aromatic heterocycles. The Balaban J connectivity index is 3.08. The van der Waals surface area contributed by atoms with E-state index in [9.17, 15) is 0 Å². The molecule has 0 atom stereocenters. The van der Waals surface area contributed by atoms with Crippen molar-refractivity contribution < 1.29 is 0 Å². The van der Waals surface area contributed by atoms with Crippen molar-refractivity contribution in [3.05, 3.63) is 16.9 Å². The normalized spacial score (nSPS) is 9.82. The number of anilines is 1. The molecular weight excluding hydrogens is 162 g/mol. The third-order valence-electron chi connectivity index (χ3n) is 1.21. The molecule has 0 aliphatic rings. The van der Waals surface area contributed by atoms with Gasteiger partial charge >= 0.3 is 0 Å². The van der Waals surface area contributed by atoms with E-state index in [2.05, 4.69) is 9.97 Å². The van der Waals surface area contributed by atoms with Crippen molar-refractivity contribution >= 4 is 17.5 Å². The van der Waals surface area contributed by atoms with Gasteiger partial charge in [0, 0.05) is 19.8 Å². The quantitative estimate of drug-likeness (QED) is 0.600. The molecule has 3 nitrogen and oxygen atoms in total. The van der Waals surface area contributed by atoms with Crippen molar-refractivity contribution in [1.82, 2.24) is 9.97 Å². The van der Waals surface area contributed by atoms with Gasteiger partial charge in [-0.15, -0.1) is 0 Å². The second-order valence-corrected chi connectivity index (χ2v) is 2.91. The zero-order chi connectivity index (χ0) is 8.43. The van der Waals surface area contributed by atoms with E-state index in [0.717, 1.165) is 5.69 Å². The first-order chi connectivity index (χ1) is 5.09. The van der Waals surface area contributed by atoms with E-state index in [1.54, 1.807) is 6.07 Å². The van der Waals surface area contributed by atoms with Crippen LogP contribution in [0.2, 0.25) is 5.15 Å². The van der Waals surface area contributed by atoms with Crippen LogP contribution < -0.4 is 4.90 Å². The maximum absolute atomic E-state index is 5.72. The Hall–Kier alpha value is -0.830. The van der Waals surface area contributed by atoms with Crippen LogP contribution in [0.3, 0.4) is 0 Å². The molecule has 0 aliphatic heterocycles. The Morgan fingerprint density at radius 1 is 1.36 bits per heavy atom. The van der Waals surface area contributed by atoms with Gasteiger partial charge in [0.1, 0.15) is 5.15 Å². The van der Waals surface area contributed by atoms with Gasteiger partial charge in [-0.05, 0) is 13.0 Å². The van der Waals surface area contributed by atoms with E-state index >= 15 is 0 Å². The number of hydrogen-bond acceptors (Lipinski definition) is 3. The van der Waals surface area contributed by atoms with Gasteiger partial charge in [-0.25, -0.2) is 9.97 Å². The van der Waals surface area contributed by atoms with E-state index in [1.807, 2.05) is 25.9 Å². The summed E-state index contributed by atoms with van der Waals surface area (Å²) in [6.07, 6.45) is 0. The van der Waals surface area contributed by atoms with Crippen LogP contribution in [-0.2, 0) is 0 Å². The van der Waals surface area contributed by atoms with Gasteiger partial charge in [0.2, 0.25) is 5.95 Å². The average Bonchev–Trinajstić information content (AvgIpc) is 1.85. The van der Waals surface area contributed by atoms with Gasteiger partial charge in [-0.3, -0.25) is 0 Å². The minimum Gasteiger partial charge on any atom is -0.347 e. The minimum atomic E-state index is 0.487. The summed E-state index contributed by atoms with van der Waals surface area (Å²) in [5, 5.41) is 0.487. The van der Waals surface area contributed by atoms with Crippen LogP contribution >= 0.6 is 11.6 Å². The highest BCUT2D eigenvalue weighted by atomic mass is 35.5. The number of aryl methyl sites for hydroxylation is 1. The fourth-order valence-electron chi connectivity index (χ4n) is 0.715. The lowest BCUT2D eigenvalue weighted by molar-refractivity contribution is 0.977. The van der Waals surface area contributed by atoms with Crippen molar-refractivity contribution in [1.29, 1.82) is 0 Å². The maximum atomic E-state index is 5.72. The summed E-state index contributed by atoms with van der Waals surface area (Å²) in [6.45, 7) is 1.89. The molecule has 0 saturated heterocycles. The van der Waals surface area contributed by atoms with Gasteiger partial charge in [0.15, 0.2) is 0 Å². The van der Waals surface area contributed by atoms with Crippen LogP contribution in [0.25, 0.3) is 0 Å². The summed E-state index contributed by atoms with van der Waals surface area (Å²) in [5.41, 5.74) is 0.883. The highest BCUT2D eigenvalue weighted by Gasteiger charge is 2.00. The molecule has 1 aromatic rings. The first-order valence-electron chi connectivity index (χ1n) is 3.28. The van der Waals surface area contributed by atoms with Crippen LogP contribution in [0.15, 0.2) is 6.07 Å². The predicted molar refractivity (Wildman–Crippen MR) is 46.1 cm³/mol. The van der Waals surface area contributed by atoms with Crippen LogP contribution in [0.1, 0.15) is 5.69 Å². The first kappa shape index (κ1) is 8.27. The summed E-state index contributed by atoms with van der Waals surface area (Å²) in [4.78, 5) is 10.00. The fraction of sp³-hybridized carbons (Fsp3) is 0.429. The Morgan fingerprint density at radius 3 is 2.45 bits per heavy atom. The molecule has 0 unspecified atom stereocenters. The maximum Gasteiger partial charge on any atom is 0.226 e. The third kappa shape index (κ3) is 2.05. The molecule has 0 aliphatic carbocycles. The zero-order valence-electron chi connectivity index (χ0n) is 6.80. The molecule has 0 saturated carbocycles. The van der Waals surface area contributed by atoms with Gasteiger partial charge in [-0.2, -0.15) is 0 Å². The molecule has 0 amide bonds. The molecule has 1 heterocycles. The summed E-state index contributed by atoms with van der Waals surface area (Å²) >= 11 is 5.72. The lowest BCUT2D eigenvalue weighted by atomic mass is 10.4. The number of rotatable bonds is 1. The van der Waals surface area contributed by atoms with E-state index in [4.69, 9.17) is 11.6 Å². The molecule has 0 spiro atoms. The molecule has 0 aromatic carbocycles. The van der Waals surface area contributed by atoms with Gasteiger partial charge in [0.05, 0.1) is 0 Å². The molecule has 0 bridgehead atoms. The van der Waals surface area contributed by atoms with E-state index in [0.29, 0.717) is 11.1 Å². The van der Waals surface area contributed by atoms with E-state index in [1.165, 1.54) is 0 Å². The summed E-state index contributed by atoms with van der Waals surface area (Å²) in [5.74, 6) is 0.648. The highest BCUT2D eigenvalue weighted by Crippen LogP contribution is 2.10. The van der Waals surface area contributed by atoms with Crippen LogP contribution in [0, 0.1) is 6.92 Å². The summed E-state index contributed by atoms with van der Waals surface area (Å²) < 4.78 is 0. The smallest absolute Gasteiger partial charge is 0.226 e. The number of halogens is 1. The second kappa shape index (κ2) is 3.05. The Kier molecular flexibility index (Phi) is 2.29. The molecule has 4 heteroatoms. The predicted octanol–water partition coefficient (Wildman–Crippen LogP) is 1.50. The molecule has 60 valence electrons. The average molecular weight is 172 g/mol.